The Morgan fingerprint density at radius 3 is 2.18 bits per heavy atom. The highest BCUT2D eigenvalue weighted by Gasteiger charge is 2.37. The van der Waals surface area contributed by atoms with E-state index >= 15 is 0 Å². The van der Waals surface area contributed by atoms with Gasteiger partial charge in [0.25, 0.3) is 0 Å². The van der Waals surface area contributed by atoms with Gasteiger partial charge in [-0.2, -0.15) is 0 Å². The molecule has 2 saturated carbocycles. The van der Waals surface area contributed by atoms with Crippen LogP contribution in [-0.2, 0) is 0 Å². The van der Waals surface area contributed by atoms with Gasteiger partial charge in [0.05, 0.1) is 6.10 Å². The quantitative estimate of drug-likeness (QED) is 0.794. The number of rotatable bonds is 3. The molecule has 2 fully saturated rings. The molecule has 0 radical (unpaired) electrons. The molecule has 2 rings (SSSR count). The topological polar surface area (TPSA) is 32.3 Å². The zero-order chi connectivity index (χ0) is 12.7. The van der Waals surface area contributed by atoms with Gasteiger partial charge in [-0.15, -0.1) is 0 Å². The summed E-state index contributed by atoms with van der Waals surface area (Å²) in [6, 6.07) is 0.741. The molecular weight excluding hydrogens is 210 g/mol. The number of nitrogens with one attached hydrogen (secondary N) is 1. The van der Waals surface area contributed by atoms with Crippen molar-refractivity contribution >= 4 is 0 Å². The van der Waals surface area contributed by atoms with Gasteiger partial charge in [0.15, 0.2) is 0 Å². The van der Waals surface area contributed by atoms with Crippen molar-refractivity contribution in [2.75, 3.05) is 6.54 Å². The highest BCUT2D eigenvalue weighted by atomic mass is 16.3. The fourth-order valence-electron chi connectivity index (χ4n) is 3.18. The second kappa shape index (κ2) is 8.10. The lowest BCUT2D eigenvalue weighted by Crippen LogP contribution is -2.26. The SMILES string of the molecule is CCCC.CCNC1CC2CCC(O)CC2C1. The van der Waals surface area contributed by atoms with Gasteiger partial charge in [-0.25, -0.2) is 0 Å². The van der Waals surface area contributed by atoms with E-state index in [-0.39, 0.29) is 6.10 Å². The summed E-state index contributed by atoms with van der Waals surface area (Å²) in [6.45, 7) is 7.63. The fraction of sp³-hybridized carbons (Fsp3) is 1.00. The van der Waals surface area contributed by atoms with E-state index in [1.807, 2.05) is 0 Å². The number of aliphatic hydroxyl groups excluding tert-OH is 1. The van der Waals surface area contributed by atoms with Crippen molar-refractivity contribution in [2.24, 2.45) is 11.8 Å². The van der Waals surface area contributed by atoms with Crippen LogP contribution >= 0.6 is 0 Å². The monoisotopic (exact) mass is 241 g/mol. The van der Waals surface area contributed by atoms with Crippen molar-refractivity contribution in [3.63, 3.8) is 0 Å². The molecule has 4 unspecified atom stereocenters. The zero-order valence-electron chi connectivity index (χ0n) is 11.9. The van der Waals surface area contributed by atoms with Crippen LogP contribution in [0.1, 0.15) is 65.7 Å². The van der Waals surface area contributed by atoms with Crippen molar-refractivity contribution in [2.45, 2.75) is 77.9 Å². The van der Waals surface area contributed by atoms with E-state index in [0.717, 1.165) is 37.3 Å². The van der Waals surface area contributed by atoms with Crippen molar-refractivity contribution < 1.29 is 5.11 Å². The molecule has 17 heavy (non-hydrogen) atoms. The number of hydrogen-bond donors (Lipinski definition) is 2. The van der Waals surface area contributed by atoms with Crippen LogP contribution in [0.4, 0.5) is 0 Å². The maximum Gasteiger partial charge on any atom is 0.0543 e. The molecule has 0 heterocycles. The average Bonchev–Trinajstić information content (AvgIpc) is 2.71. The molecule has 0 aliphatic heterocycles. The Bertz CT molecular complexity index is 193. The minimum absolute atomic E-state index is 0.00151. The Hall–Kier alpha value is -0.0800. The Kier molecular flexibility index (Phi) is 7.14. The highest BCUT2D eigenvalue weighted by molar-refractivity contribution is 4.91. The molecule has 0 bridgehead atoms. The minimum atomic E-state index is 0.00151. The lowest BCUT2D eigenvalue weighted by molar-refractivity contribution is 0.0806. The summed E-state index contributed by atoms with van der Waals surface area (Å²) in [5.74, 6) is 1.72. The Labute approximate surface area is 107 Å². The Balaban J connectivity index is 0.000000317. The molecule has 2 heteroatoms. The predicted octanol–water partition coefficient (Wildman–Crippen LogP) is 3.34. The molecular formula is C15H31NO. The first kappa shape index (κ1) is 15.0. The Morgan fingerprint density at radius 1 is 0.941 bits per heavy atom. The summed E-state index contributed by atoms with van der Waals surface area (Å²) < 4.78 is 0. The lowest BCUT2D eigenvalue weighted by atomic mass is 9.80. The predicted molar refractivity (Wildman–Crippen MR) is 74.1 cm³/mol. The van der Waals surface area contributed by atoms with Crippen LogP contribution in [0.3, 0.4) is 0 Å². The van der Waals surface area contributed by atoms with Gasteiger partial charge in [-0.3, -0.25) is 0 Å². The summed E-state index contributed by atoms with van der Waals surface area (Å²) in [5, 5.41) is 13.1. The van der Waals surface area contributed by atoms with Crippen molar-refractivity contribution in [1.82, 2.24) is 5.32 Å². The van der Waals surface area contributed by atoms with Crippen LogP contribution in [0.25, 0.3) is 0 Å². The third-order valence-electron chi connectivity index (χ3n) is 4.28. The molecule has 2 nitrogen and oxygen atoms in total. The highest BCUT2D eigenvalue weighted by Crippen LogP contribution is 2.42. The van der Waals surface area contributed by atoms with E-state index in [0.29, 0.717) is 0 Å². The number of fused-ring (bicyclic) bond motifs is 1. The second-order valence-electron chi connectivity index (χ2n) is 5.71. The third-order valence-corrected chi connectivity index (χ3v) is 4.28. The molecule has 0 saturated heterocycles. The van der Waals surface area contributed by atoms with E-state index < -0.39 is 0 Å². The van der Waals surface area contributed by atoms with Crippen LogP contribution in [0.15, 0.2) is 0 Å². The minimum Gasteiger partial charge on any atom is -0.393 e. The van der Waals surface area contributed by atoms with Crippen LogP contribution in [0.2, 0.25) is 0 Å². The standard InChI is InChI=1S/C11H21NO.C4H10/c1-2-12-10-5-8-3-4-11(13)7-9(8)6-10;1-3-4-2/h8-13H,2-7H2,1H3;3-4H2,1-2H3. The summed E-state index contributed by atoms with van der Waals surface area (Å²) in [7, 11) is 0. The third kappa shape index (κ3) is 4.97. The number of aliphatic hydroxyl groups is 1. The van der Waals surface area contributed by atoms with Crippen LogP contribution in [0.5, 0.6) is 0 Å². The zero-order valence-corrected chi connectivity index (χ0v) is 11.9. The first-order chi connectivity index (χ1) is 8.21. The molecule has 0 aromatic rings. The van der Waals surface area contributed by atoms with Gasteiger partial charge >= 0.3 is 0 Å². The van der Waals surface area contributed by atoms with E-state index in [9.17, 15) is 5.11 Å². The fourth-order valence-corrected chi connectivity index (χ4v) is 3.18. The lowest BCUT2D eigenvalue weighted by Gasteiger charge is -2.28. The maximum atomic E-state index is 9.55. The van der Waals surface area contributed by atoms with Gasteiger partial charge in [-0.1, -0.05) is 33.6 Å². The largest absolute Gasteiger partial charge is 0.393 e. The second-order valence-corrected chi connectivity index (χ2v) is 5.71. The summed E-state index contributed by atoms with van der Waals surface area (Å²) in [4.78, 5) is 0. The molecule has 102 valence electrons. The van der Waals surface area contributed by atoms with Crippen molar-refractivity contribution in [1.29, 1.82) is 0 Å². The molecule has 0 spiro atoms. The molecule has 0 aromatic carbocycles. The van der Waals surface area contributed by atoms with Crippen molar-refractivity contribution in [3.8, 4) is 0 Å². The smallest absolute Gasteiger partial charge is 0.0543 e. The molecule has 4 atom stereocenters. The van der Waals surface area contributed by atoms with Gasteiger partial charge < -0.3 is 10.4 Å². The molecule has 2 N–H and O–H groups in total. The van der Waals surface area contributed by atoms with E-state index in [1.54, 1.807) is 0 Å². The molecule has 0 amide bonds. The van der Waals surface area contributed by atoms with Crippen LogP contribution < -0.4 is 5.32 Å². The molecule has 2 aliphatic rings. The van der Waals surface area contributed by atoms with E-state index in [2.05, 4.69) is 26.1 Å². The van der Waals surface area contributed by atoms with Gasteiger partial charge in [-0.05, 0) is 50.5 Å². The average molecular weight is 241 g/mol. The molecule has 0 aromatic heterocycles. The first-order valence-corrected chi connectivity index (χ1v) is 7.62. The van der Waals surface area contributed by atoms with E-state index in [4.69, 9.17) is 0 Å². The van der Waals surface area contributed by atoms with Crippen molar-refractivity contribution in [3.05, 3.63) is 0 Å². The van der Waals surface area contributed by atoms with Gasteiger partial charge in [0, 0.05) is 6.04 Å². The number of unbranched alkanes of at least 4 members (excludes halogenated alkanes) is 1. The van der Waals surface area contributed by atoms with Crippen LogP contribution in [-0.4, -0.2) is 23.8 Å². The summed E-state index contributed by atoms with van der Waals surface area (Å²) in [6.07, 6.45) is 8.66. The maximum absolute atomic E-state index is 9.55. The number of hydrogen-bond acceptors (Lipinski definition) is 2. The normalized spacial score (nSPS) is 36.0. The molecule has 2 aliphatic carbocycles. The summed E-state index contributed by atoms with van der Waals surface area (Å²) >= 11 is 0. The first-order valence-electron chi connectivity index (χ1n) is 7.62. The van der Waals surface area contributed by atoms with E-state index in [1.165, 1.54) is 32.1 Å². The van der Waals surface area contributed by atoms with Crippen LogP contribution in [0, 0.1) is 11.8 Å². The van der Waals surface area contributed by atoms with Gasteiger partial charge in [0.2, 0.25) is 0 Å². The summed E-state index contributed by atoms with van der Waals surface area (Å²) in [5.41, 5.74) is 0. The van der Waals surface area contributed by atoms with Gasteiger partial charge in [0.1, 0.15) is 0 Å². The Morgan fingerprint density at radius 2 is 1.59 bits per heavy atom.